The van der Waals surface area contributed by atoms with Gasteiger partial charge in [-0.25, -0.2) is 0 Å². The van der Waals surface area contributed by atoms with Crippen molar-refractivity contribution in [3.8, 4) is 11.5 Å². The number of amidine groups is 2. The fourth-order valence-electron chi connectivity index (χ4n) is 4.11. The van der Waals surface area contributed by atoms with Crippen molar-refractivity contribution in [3.63, 3.8) is 0 Å². The van der Waals surface area contributed by atoms with Gasteiger partial charge in [0, 0.05) is 5.56 Å². The molecule has 5 rings (SSSR count). The first-order valence-corrected chi connectivity index (χ1v) is 13.8. The number of nitrogens with zero attached hydrogens (tertiary/aromatic N) is 3. The first kappa shape index (κ1) is 26.4. The number of amides is 1. The first-order valence-electron chi connectivity index (χ1n) is 12.9. The van der Waals surface area contributed by atoms with Crippen LogP contribution < -0.4 is 9.47 Å². The van der Waals surface area contributed by atoms with Crippen LogP contribution in [0.3, 0.4) is 0 Å². The lowest BCUT2D eigenvalue weighted by Gasteiger charge is -2.20. The van der Waals surface area contributed by atoms with Crippen molar-refractivity contribution >= 4 is 39.8 Å². The Labute approximate surface area is 232 Å². The monoisotopic (exact) mass is 538 g/mol. The third kappa shape index (κ3) is 6.12. The number of hydrazone groups is 1. The van der Waals surface area contributed by atoms with Crippen molar-refractivity contribution in [2.24, 2.45) is 10.1 Å². The Morgan fingerprint density at radius 1 is 1.00 bits per heavy atom. The highest BCUT2D eigenvalue weighted by molar-refractivity contribution is 8.27. The minimum atomic E-state index is -0.460. The van der Waals surface area contributed by atoms with E-state index in [0.29, 0.717) is 35.1 Å². The van der Waals surface area contributed by atoms with Gasteiger partial charge in [-0.2, -0.15) is 15.1 Å². The van der Waals surface area contributed by atoms with E-state index in [1.54, 1.807) is 6.08 Å². The van der Waals surface area contributed by atoms with Gasteiger partial charge in [0.1, 0.15) is 29.8 Å². The van der Waals surface area contributed by atoms with Crippen LogP contribution in [0, 0.1) is 12.3 Å². The van der Waals surface area contributed by atoms with Gasteiger partial charge in [0.05, 0.1) is 5.57 Å². The number of carbonyl (C=O) groups is 1. The Hall–Kier alpha value is -4.17. The molecule has 1 unspecified atom stereocenters. The van der Waals surface area contributed by atoms with Crippen LogP contribution >= 0.6 is 11.8 Å². The molecule has 3 aromatic carbocycles. The third-order valence-corrected chi connectivity index (χ3v) is 7.56. The predicted octanol–water partition coefficient (Wildman–Crippen LogP) is 6.63. The number of hydrogen-bond donors (Lipinski definition) is 1. The molecule has 7 nitrogen and oxygen atoms in total. The van der Waals surface area contributed by atoms with Crippen LogP contribution in [-0.2, 0) is 4.79 Å². The molecule has 198 valence electrons. The van der Waals surface area contributed by atoms with Gasteiger partial charge >= 0.3 is 0 Å². The smallest absolute Gasteiger partial charge is 0.283 e. The van der Waals surface area contributed by atoms with E-state index in [-0.39, 0.29) is 11.4 Å². The summed E-state index contributed by atoms with van der Waals surface area (Å²) in [5.74, 6) is 1.53. The van der Waals surface area contributed by atoms with E-state index in [1.165, 1.54) is 22.3 Å². The van der Waals surface area contributed by atoms with Gasteiger partial charge in [0.2, 0.25) is 5.17 Å². The highest BCUT2D eigenvalue weighted by Gasteiger charge is 2.36. The number of carbonyl (C=O) groups excluding carboxylic acids is 1. The quantitative estimate of drug-likeness (QED) is 0.244. The number of thioether (sulfide) groups is 1. The molecule has 0 fully saturated rings. The highest BCUT2D eigenvalue weighted by Crippen LogP contribution is 2.31. The number of aliphatic imine (C=N–C) groups is 1. The second-order valence-corrected chi connectivity index (χ2v) is 10.4. The molecular formula is C31H30N4O3S. The minimum Gasteiger partial charge on any atom is -0.490 e. The number of benzene rings is 3. The molecule has 2 heterocycles. The van der Waals surface area contributed by atoms with Crippen LogP contribution in [0.15, 0.2) is 88.5 Å². The Morgan fingerprint density at radius 2 is 1.72 bits per heavy atom. The molecule has 3 aromatic rings. The molecule has 1 atom stereocenters. The van der Waals surface area contributed by atoms with Gasteiger partial charge in [-0.3, -0.25) is 10.2 Å². The zero-order valence-corrected chi connectivity index (χ0v) is 23.0. The van der Waals surface area contributed by atoms with E-state index in [9.17, 15) is 4.79 Å². The molecule has 1 N–H and O–H groups in total. The molecule has 0 radical (unpaired) electrons. The number of rotatable bonds is 9. The summed E-state index contributed by atoms with van der Waals surface area (Å²) < 4.78 is 11.7. The molecular weight excluding hydrogens is 508 g/mol. The average Bonchev–Trinajstić information content (AvgIpc) is 3.38. The number of hydrogen-bond acceptors (Lipinski definition) is 6. The number of ether oxygens (including phenoxy) is 2. The second-order valence-electron chi connectivity index (χ2n) is 9.44. The first-order chi connectivity index (χ1) is 18.9. The number of aryl methyl sites for hydroxylation is 1. The van der Waals surface area contributed by atoms with Gasteiger partial charge in [-0.1, -0.05) is 67.9 Å². The molecule has 8 heteroatoms. The van der Waals surface area contributed by atoms with Crippen molar-refractivity contribution < 1.29 is 14.3 Å². The van der Waals surface area contributed by atoms with Crippen LogP contribution in [0.5, 0.6) is 11.5 Å². The zero-order valence-electron chi connectivity index (χ0n) is 22.2. The predicted molar refractivity (Wildman–Crippen MR) is 158 cm³/mol. The van der Waals surface area contributed by atoms with Gasteiger partial charge in [-0.05, 0) is 72.5 Å². The van der Waals surface area contributed by atoms with E-state index in [1.807, 2.05) is 67.6 Å². The van der Waals surface area contributed by atoms with Crippen LogP contribution in [0.25, 0.3) is 6.08 Å². The van der Waals surface area contributed by atoms with Crippen molar-refractivity contribution in [3.05, 3.63) is 101 Å². The van der Waals surface area contributed by atoms with Crippen molar-refractivity contribution in [2.45, 2.75) is 33.1 Å². The molecule has 0 bridgehead atoms. The molecule has 0 saturated carbocycles. The molecule has 0 spiro atoms. The van der Waals surface area contributed by atoms with E-state index in [0.717, 1.165) is 28.9 Å². The summed E-state index contributed by atoms with van der Waals surface area (Å²) in [6.07, 6.45) is 2.75. The summed E-state index contributed by atoms with van der Waals surface area (Å²) in [6, 6.07) is 23.5. The van der Waals surface area contributed by atoms with Gasteiger partial charge in [0.25, 0.3) is 5.91 Å². The lowest BCUT2D eigenvalue weighted by molar-refractivity contribution is -0.114. The molecule has 39 heavy (non-hydrogen) atoms. The third-order valence-electron chi connectivity index (χ3n) is 6.60. The SMILES string of the molecule is CCC(C)c1ccc(OCCOc2cccc(C=C3C(=N)N4N=C(c5ccc(C)cc5)SC4=NC3=O)c2)cc1. The number of nitrogens with one attached hydrogen (secondary N) is 1. The summed E-state index contributed by atoms with van der Waals surface area (Å²) in [4.78, 5) is 17.0. The fraction of sp³-hybridized carbons (Fsp3) is 0.226. The largest absolute Gasteiger partial charge is 0.490 e. The molecule has 0 aromatic heterocycles. The van der Waals surface area contributed by atoms with E-state index >= 15 is 0 Å². The lowest BCUT2D eigenvalue weighted by Crippen LogP contribution is -2.35. The summed E-state index contributed by atoms with van der Waals surface area (Å²) in [5.41, 5.74) is 4.28. The summed E-state index contributed by atoms with van der Waals surface area (Å²) >= 11 is 1.29. The molecule has 1 amide bonds. The second kappa shape index (κ2) is 11.7. The standard InChI is InChI=1S/C31H30N4O3S/c1-4-21(3)23-12-14-25(15-13-23)37-16-17-38-26-7-5-6-22(18-26)19-27-28(32)35-31(33-29(27)36)39-30(34-35)24-10-8-20(2)9-11-24/h5-15,18-19,21,32H,4,16-17H2,1-3H3. The normalized spacial score (nSPS) is 16.6. The maximum Gasteiger partial charge on any atom is 0.283 e. The van der Waals surface area contributed by atoms with Crippen LogP contribution in [0.4, 0.5) is 0 Å². The summed E-state index contributed by atoms with van der Waals surface area (Å²) in [7, 11) is 0. The summed E-state index contributed by atoms with van der Waals surface area (Å²) in [6.45, 7) is 7.20. The van der Waals surface area contributed by atoms with E-state index in [4.69, 9.17) is 14.9 Å². The Balaban J connectivity index is 1.21. The average molecular weight is 539 g/mol. The maximum absolute atomic E-state index is 12.8. The minimum absolute atomic E-state index is 0.00122. The highest BCUT2D eigenvalue weighted by atomic mass is 32.2. The van der Waals surface area contributed by atoms with Crippen LogP contribution in [0.2, 0.25) is 0 Å². The van der Waals surface area contributed by atoms with Crippen LogP contribution in [0.1, 0.15) is 48.4 Å². The topological polar surface area (TPSA) is 87.3 Å². The van der Waals surface area contributed by atoms with E-state index in [2.05, 4.69) is 36.1 Å². The number of fused-ring (bicyclic) bond motifs is 1. The maximum atomic E-state index is 12.8. The Bertz CT molecular complexity index is 1480. The Morgan fingerprint density at radius 3 is 2.44 bits per heavy atom. The van der Waals surface area contributed by atoms with Crippen molar-refractivity contribution in [1.29, 1.82) is 5.41 Å². The lowest BCUT2D eigenvalue weighted by atomic mass is 9.99. The molecule has 0 aliphatic carbocycles. The fourth-order valence-corrected chi connectivity index (χ4v) is 5.01. The summed E-state index contributed by atoms with van der Waals surface area (Å²) in [5, 5.41) is 15.7. The zero-order chi connectivity index (χ0) is 27.4. The molecule has 2 aliphatic rings. The van der Waals surface area contributed by atoms with Crippen molar-refractivity contribution in [2.75, 3.05) is 13.2 Å². The molecule has 2 aliphatic heterocycles. The Kier molecular flexibility index (Phi) is 7.93. The van der Waals surface area contributed by atoms with Gasteiger partial charge in [-0.15, -0.1) is 0 Å². The molecule has 0 saturated heterocycles. The van der Waals surface area contributed by atoms with Gasteiger partial charge in [0.15, 0.2) is 5.84 Å². The van der Waals surface area contributed by atoms with Crippen molar-refractivity contribution in [1.82, 2.24) is 5.01 Å². The van der Waals surface area contributed by atoms with Gasteiger partial charge < -0.3 is 9.47 Å². The van der Waals surface area contributed by atoms with E-state index < -0.39 is 5.91 Å². The van der Waals surface area contributed by atoms with Crippen LogP contribution in [-0.4, -0.2) is 40.2 Å².